The highest BCUT2D eigenvalue weighted by atomic mass is 16.5. The fraction of sp³-hybridized carbons (Fsp3) is 0.233. The van der Waals surface area contributed by atoms with E-state index in [9.17, 15) is 4.79 Å². The Labute approximate surface area is 226 Å². The molecular weight excluding hydrogens is 490 g/mol. The molecule has 9 heteroatoms. The third-order valence-corrected chi connectivity index (χ3v) is 7.02. The number of hydrogen-bond donors (Lipinski definition) is 1. The van der Waals surface area contributed by atoms with Crippen LogP contribution < -0.4 is 15.6 Å². The number of ether oxygens (including phenoxy) is 1. The highest BCUT2D eigenvalue weighted by Gasteiger charge is 2.16. The summed E-state index contributed by atoms with van der Waals surface area (Å²) in [6.07, 6.45) is 9.80. The van der Waals surface area contributed by atoms with Crippen LogP contribution in [0.1, 0.15) is 24.4 Å². The molecule has 0 amide bonds. The molecule has 0 radical (unpaired) electrons. The van der Waals surface area contributed by atoms with Crippen molar-refractivity contribution in [1.82, 2.24) is 34.8 Å². The Morgan fingerprint density at radius 3 is 2.51 bits per heavy atom. The van der Waals surface area contributed by atoms with Crippen molar-refractivity contribution in [1.29, 1.82) is 0 Å². The second-order valence-corrected chi connectivity index (χ2v) is 9.63. The molecule has 0 bridgehead atoms. The largest absolute Gasteiger partial charge is 0.497 e. The van der Waals surface area contributed by atoms with Crippen LogP contribution in [0.25, 0.3) is 33.8 Å². The summed E-state index contributed by atoms with van der Waals surface area (Å²) in [5, 5.41) is 12.6. The molecule has 1 aliphatic rings. The number of nitrogens with zero attached hydrogens (tertiary/aromatic N) is 6. The van der Waals surface area contributed by atoms with Crippen LogP contribution >= 0.6 is 0 Å². The minimum atomic E-state index is -0.169. The van der Waals surface area contributed by atoms with Crippen LogP contribution in [-0.2, 0) is 6.54 Å². The third-order valence-electron chi connectivity index (χ3n) is 7.02. The van der Waals surface area contributed by atoms with Crippen molar-refractivity contribution in [2.45, 2.75) is 25.4 Å². The molecule has 2 aromatic carbocycles. The maximum Gasteiger partial charge on any atom is 0.267 e. The fourth-order valence-electron chi connectivity index (χ4n) is 4.86. The van der Waals surface area contributed by atoms with Gasteiger partial charge < -0.3 is 10.1 Å². The molecule has 0 aliphatic carbocycles. The van der Waals surface area contributed by atoms with Crippen LogP contribution in [0.5, 0.6) is 5.75 Å². The summed E-state index contributed by atoms with van der Waals surface area (Å²) in [7, 11) is 1.63. The zero-order valence-corrected chi connectivity index (χ0v) is 21.7. The summed E-state index contributed by atoms with van der Waals surface area (Å²) in [5.41, 5.74) is 5.16. The average Bonchev–Trinajstić information content (AvgIpc) is 3.50. The van der Waals surface area contributed by atoms with Gasteiger partial charge in [-0.2, -0.15) is 10.2 Å². The second-order valence-electron chi connectivity index (χ2n) is 9.63. The summed E-state index contributed by atoms with van der Waals surface area (Å²) in [5.74, 6) is 1.36. The smallest absolute Gasteiger partial charge is 0.267 e. The summed E-state index contributed by atoms with van der Waals surface area (Å²) >= 11 is 0. The van der Waals surface area contributed by atoms with Crippen LogP contribution in [0, 0.1) is 0 Å². The molecule has 9 nitrogen and oxygen atoms in total. The Bertz CT molecular complexity index is 1640. The van der Waals surface area contributed by atoms with Crippen molar-refractivity contribution in [3.63, 3.8) is 0 Å². The number of benzene rings is 2. The molecule has 1 aliphatic heterocycles. The number of methoxy groups -OCH3 is 1. The van der Waals surface area contributed by atoms with Gasteiger partial charge >= 0.3 is 0 Å². The summed E-state index contributed by atoms with van der Waals surface area (Å²) in [6, 6.07) is 19.2. The number of rotatable bonds is 7. The van der Waals surface area contributed by atoms with Gasteiger partial charge in [0.05, 0.1) is 31.6 Å². The van der Waals surface area contributed by atoms with E-state index in [1.807, 2.05) is 67.1 Å². The Kier molecular flexibility index (Phi) is 6.97. The average molecular weight is 520 g/mol. The standard InChI is InChI=1S/C30H29N7O2/c1-39-27-7-3-5-22(15-27)28-8-9-29(38)37(35-28)19-21-4-2-6-23(14-21)30-32-16-24(17-33-30)25-18-34-36(20-25)26-10-12-31-13-11-26/h2-9,14-18,20,26,31H,10-13,19H2,1H3. The first kappa shape index (κ1) is 24.7. The minimum absolute atomic E-state index is 0.169. The van der Waals surface area contributed by atoms with Gasteiger partial charge in [0.25, 0.3) is 5.56 Å². The van der Waals surface area contributed by atoms with Gasteiger partial charge in [-0.3, -0.25) is 9.48 Å². The monoisotopic (exact) mass is 519 g/mol. The lowest BCUT2D eigenvalue weighted by Gasteiger charge is -2.22. The van der Waals surface area contributed by atoms with Gasteiger partial charge in [-0.15, -0.1) is 0 Å². The molecule has 0 spiro atoms. The fourth-order valence-corrected chi connectivity index (χ4v) is 4.86. The topological polar surface area (TPSA) is 99.8 Å². The molecule has 0 atom stereocenters. The first-order valence-corrected chi connectivity index (χ1v) is 13.1. The molecule has 4 heterocycles. The predicted octanol–water partition coefficient (Wildman–Crippen LogP) is 4.21. The molecule has 196 valence electrons. The van der Waals surface area contributed by atoms with Gasteiger partial charge in [0.15, 0.2) is 5.82 Å². The zero-order valence-electron chi connectivity index (χ0n) is 21.7. The van der Waals surface area contributed by atoms with E-state index >= 15 is 0 Å². The van der Waals surface area contributed by atoms with Gasteiger partial charge in [-0.05, 0) is 55.8 Å². The maximum atomic E-state index is 12.6. The number of aromatic nitrogens is 6. The van der Waals surface area contributed by atoms with Crippen molar-refractivity contribution in [2.24, 2.45) is 0 Å². The zero-order chi connectivity index (χ0) is 26.6. The summed E-state index contributed by atoms with van der Waals surface area (Å²) in [6.45, 7) is 2.38. The summed E-state index contributed by atoms with van der Waals surface area (Å²) < 4.78 is 8.86. The van der Waals surface area contributed by atoms with Gasteiger partial charge in [0.1, 0.15) is 5.75 Å². The van der Waals surface area contributed by atoms with Crippen LogP contribution in [-0.4, -0.2) is 49.7 Å². The molecule has 5 aromatic rings. The minimum Gasteiger partial charge on any atom is -0.497 e. The molecule has 1 saturated heterocycles. The molecular formula is C30H29N7O2. The Balaban J connectivity index is 1.20. The van der Waals surface area contributed by atoms with Gasteiger partial charge in [-0.25, -0.2) is 14.6 Å². The predicted molar refractivity (Wildman–Crippen MR) is 149 cm³/mol. The van der Waals surface area contributed by atoms with Gasteiger partial charge in [0.2, 0.25) is 0 Å². The Morgan fingerprint density at radius 1 is 0.897 bits per heavy atom. The lowest BCUT2D eigenvalue weighted by molar-refractivity contribution is 0.343. The van der Waals surface area contributed by atoms with Crippen LogP contribution in [0.3, 0.4) is 0 Å². The van der Waals surface area contributed by atoms with E-state index in [1.54, 1.807) is 19.2 Å². The maximum absolute atomic E-state index is 12.6. The van der Waals surface area contributed by atoms with Crippen molar-refractivity contribution in [3.05, 3.63) is 101 Å². The van der Waals surface area contributed by atoms with E-state index in [0.717, 1.165) is 59.5 Å². The van der Waals surface area contributed by atoms with Gasteiger partial charge in [-0.1, -0.05) is 30.3 Å². The van der Waals surface area contributed by atoms with E-state index in [1.165, 1.54) is 4.68 Å². The molecule has 3 aromatic heterocycles. The van der Waals surface area contributed by atoms with E-state index in [4.69, 9.17) is 4.74 Å². The van der Waals surface area contributed by atoms with Crippen molar-refractivity contribution >= 4 is 0 Å². The molecule has 1 fully saturated rings. The van der Waals surface area contributed by atoms with E-state index in [-0.39, 0.29) is 5.56 Å². The van der Waals surface area contributed by atoms with Crippen molar-refractivity contribution < 1.29 is 4.74 Å². The van der Waals surface area contributed by atoms with Crippen molar-refractivity contribution in [3.8, 4) is 39.5 Å². The van der Waals surface area contributed by atoms with E-state index in [2.05, 4.69) is 36.4 Å². The van der Waals surface area contributed by atoms with Crippen molar-refractivity contribution in [2.75, 3.05) is 20.2 Å². The molecule has 0 saturated carbocycles. The Hall–Kier alpha value is -4.63. The lowest BCUT2D eigenvalue weighted by atomic mass is 10.1. The molecule has 1 N–H and O–H groups in total. The highest BCUT2D eigenvalue weighted by molar-refractivity contribution is 5.63. The normalized spacial score (nSPS) is 13.9. The molecule has 6 rings (SSSR count). The molecule has 39 heavy (non-hydrogen) atoms. The SMILES string of the molecule is COc1cccc(-c2ccc(=O)n(Cc3cccc(-c4ncc(-c5cnn(C6CCNCC6)c5)cn4)c3)n2)c1. The second kappa shape index (κ2) is 11.0. The van der Waals surface area contributed by atoms with Crippen LogP contribution in [0.15, 0.2) is 90.2 Å². The third kappa shape index (κ3) is 5.49. The Morgan fingerprint density at radius 2 is 1.69 bits per heavy atom. The van der Waals surface area contributed by atoms with E-state index < -0.39 is 0 Å². The number of nitrogens with one attached hydrogen (secondary N) is 1. The first-order chi connectivity index (χ1) is 19.2. The number of piperidine rings is 1. The van der Waals surface area contributed by atoms with E-state index in [0.29, 0.717) is 24.1 Å². The molecule has 0 unspecified atom stereocenters. The first-order valence-electron chi connectivity index (χ1n) is 13.1. The highest BCUT2D eigenvalue weighted by Crippen LogP contribution is 2.25. The van der Waals surface area contributed by atoms with Gasteiger partial charge in [0, 0.05) is 46.9 Å². The van der Waals surface area contributed by atoms with Crippen LogP contribution in [0.2, 0.25) is 0 Å². The summed E-state index contributed by atoms with van der Waals surface area (Å²) in [4.78, 5) is 21.9. The van der Waals surface area contributed by atoms with Crippen LogP contribution in [0.4, 0.5) is 0 Å². The quantitative estimate of drug-likeness (QED) is 0.344. The lowest BCUT2D eigenvalue weighted by Crippen LogP contribution is -2.29. The number of hydrogen-bond acceptors (Lipinski definition) is 7.